The van der Waals surface area contributed by atoms with E-state index < -0.39 is 0 Å². The van der Waals surface area contributed by atoms with E-state index in [0.29, 0.717) is 0 Å². The number of hydrogen-bond acceptors (Lipinski definition) is 0. The Balaban J connectivity index is 2.58. The minimum absolute atomic E-state index is 1.04. The summed E-state index contributed by atoms with van der Waals surface area (Å²) in [5, 5.41) is 0. The highest BCUT2D eigenvalue weighted by molar-refractivity contribution is 5.70. The van der Waals surface area contributed by atoms with Crippen molar-refractivity contribution in [2.75, 3.05) is 0 Å². The van der Waals surface area contributed by atoms with Crippen molar-refractivity contribution in [1.82, 2.24) is 0 Å². The molecule has 0 aliphatic rings. The number of rotatable bonds is 3. The first-order valence-electron chi connectivity index (χ1n) is 5.94. The van der Waals surface area contributed by atoms with Crippen LogP contribution in [-0.4, -0.2) is 0 Å². The van der Waals surface area contributed by atoms with Gasteiger partial charge in [0.15, 0.2) is 0 Å². The van der Waals surface area contributed by atoms with Gasteiger partial charge in [0.1, 0.15) is 0 Å². The molecule has 1 radical (unpaired) electrons. The Labute approximate surface area is 97.9 Å². The van der Waals surface area contributed by atoms with E-state index in [0.717, 1.165) is 12.8 Å². The molecule has 2 rings (SSSR count). The maximum atomic E-state index is 3.34. The van der Waals surface area contributed by atoms with Crippen LogP contribution in [0.15, 0.2) is 42.5 Å². The van der Waals surface area contributed by atoms with Crippen LogP contribution in [-0.2, 0) is 12.8 Å². The molecule has 0 saturated carbocycles. The lowest BCUT2D eigenvalue weighted by atomic mass is 9.93. The Kier molecular flexibility index (Phi) is 3.40. The third-order valence-electron chi connectivity index (χ3n) is 2.98. The molecule has 2 aromatic rings. The summed E-state index contributed by atoms with van der Waals surface area (Å²) < 4.78 is 0. The minimum atomic E-state index is 1.04. The Bertz CT molecular complexity index is 423. The first kappa shape index (κ1) is 10.9. The summed E-state index contributed by atoms with van der Waals surface area (Å²) in [5.41, 5.74) is 5.42. The van der Waals surface area contributed by atoms with Crippen LogP contribution in [0.3, 0.4) is 0 Å². The largest absolute Gasteiger partial charge is 0.0620 e. The molecular weight excluding hydrogens is 192 g/mol. The van der Waals surface area contributed by atoms with Crippen LogP contribution in [0.2, 0.25) is 0 Å². The van der Waals surface area contributed by atoms with Gasteiger partial charge in [-0.1, -0.05) is 56.3 Å². The smallest absolute Gasteiger partial charge is 0.0143 e. The second-order valence-electron chi connectivity index (χ2n) is 3.93. The molecule has 0 unspecified atom stereocenters. The van der Waals surface area contributed by atoms with Gasteiger partial charge >= 0.3 is 0 Å². The molecular formula is C16H17. The monoisotopic (exact) mass is 209 g/mol. The van der Waals surface area contributed by atoms with Crippen LogP contribution in [0.25, 0.3) is 11.1 Å². The van der Waals surface area contributed by atoms with Gasteiger partial charge in [0, 0.05) is 0 Å². The molecule has 16 heavy (non-hydrogen) atoms. The van der Waals surface area contributed by atoms with E-state index in [1.165, 1.54) is 22.3 Å². The third-order valence-corrected chi connectivity index (χ3v) is 2.98. The molecule has 0 aromatic heterocycles. The normalized spacial score (nSPS) is 10.4. The molecule has 0 atom stereocenters. The Morgan fingerprint density at radius 3 is 2.38 bits per heavy atom. The van der Waals surface area contributed by atoms with Crippen molar-refractivity contribution < 1.29 is 0 Å². The second-order valence-corrected chi connectivity index (χ2v) is 3.93. The van der Waals surface area contributed by atoms with E-state index in [4.69, 9.17) is 0 Å². The van der Waals surface area contributed by atoms with Gasteiger partial charge in [0.2, 0.25) is 0 Å². The molecule has 0 amide bonds. The summed E-state index contributed by atoms with van der Waals surface area (Å²) in [7, 11) is 0. The zero-order chi connectivity index (χ0) is 11.4. The summed E-state index contributed by atoms with van der Waals surface area (Å²) in [6.07, 6.45) is 2.11. The molecule has 0 fully saturated rings. The summed E-state index contributed by atoms with van der Waals surface area (Å²) in [6, 6.07) is 18.2. The van der Waals surface area contributed by atoms with E-state index in [1.807, 2.05) is 6.07 Å². The van der Waals surface area contributed by atoms with Gasteiger partial charge in [-0.2, -0.15) is 0 Å². The van der Waals surface area contributed by atoms with Gasteiger partial charge in [0.05, 0.1) is 0 Å². The van der Waals surface area contributed by atoms with Crippen LogP contribution in [0.5, 0.6) is 0 Å². The van der Waals surface area contributed by atoms with Gasteiger partial charge in [-0.25, -0.2) is 0 Å². The predicted octanol–water partition coefficient (Wildman–Crippen LogP) is 4.28. The zero-order valence-corrected chi connectivity index (χ0v) is 9.96. The van der Waals surface area contributed by atoms with Crippen LogP contribution >= 0.6 is 0 Å². The second kappa shape index (κ2) is 4.98. The van der Waals surface area contributed by atoms with Crippen LogP contribution in [0.4, 0.5) is 0 Å². The lowest BCUT2D eigenvalue weighted by Crippen LogP contribution is -1.91. The SMILES string of the molecule is CCc1[c]cccc1-c1ccccc1CC. The van der Waals surface area contributed by atoms with Crippen molar-refractivity contribution in [2.24, 2.45) is 0 Å². The quantitative estimate of drug-likeness (QED) is 0.707. The van der Waals surface area contributed by atoms with Crippen molar-refractivity contribution >= 4 is 0 Å². The van der Waals surface area contributed by atoms with Crippen molar-refractivity contribution in [2.45, 2.75) is 26.7 Å². The van der Waals surface area contributed by atoms with Gasteiger partial charge in [-0.15, -0.1) is 0 Å². The molecule has 0 saturated heterocycles. The number of aryl methyl sites for hydroxylation is 2. The van der Waals surface area contributed by atoms with Crippen LogP contribution in [0, 0.1) is 6.07 Å². The van der Waals surface area contributed by atoms with Crippen LogP contribution in [0.1, 0.15) is 25.0 Å². The molecule has 81 valence electrons. The van der Waals surface area contributed by atoms with E-state index in [9.17, 15) is 0 Å². The molecule has 0 aliphatic carbocycles. The zero-order valence-electron chi connectivity index (χ0n) is 9.96. The fraction of sp³-hybridized carbons (Fsp3) is 0.250. The molecule has 0 N–H and O–H groups in total. The summed E-state index contributed by atoms with van der Waals surface area (Å²) in [6.45, 7) is 4.39. The van der Waals surface area contributed by atoms with Gasteiger partial charge in [-0.05, 0) is 41.2 Å². The van der Waals surface area contributed by atoms with Crippen molar-refractivity contribution in [3.63, 3.8) is 0 Å². The molecule has 0 bridgehead atoms. The predicted molar refractivity (Wildman–Crippen MR) is 69.5 cm³/mol. The topological polar surface area (TPSA) is 0 Å². The van der Waals surface area contributed by atoms with E-state index in [-0.39, 0.29) is 0 Å². The average molecular weight is 209 g/mol. The summed E-state index contributed by atoms with van der Waals surface area (Å²) in [5.74, 6) is 0. The van der Waals surface area contributed by atoms with Crippen molar-refractivity contribution in [1.29, 1.82) is 0 Å². The Morgan fingerprint density at radius 2 is 1.62 bits per heavy atom. The van der Waals surface area contributed by atoms with Gasteiger partial charge < -0.3 is 0 Å². The first-order chi connectivity index (χ1) is 7.86. The van der Waals surface area contributed by atoms with Crippen molar-refractivity contribution in [3.05, 3.63) is 59.7 Å². The van der Waals surface area contributed by atoms with E-state index in [1.54, 1.807) is 0 Å². The van der Waals surface area contributed by atoms with Gasteiger partial charge in [-0.3, -0.25) is 0 Å². The highest BCUT2D eigenvalue weighted by Crippen LogP contribution is 2.27. The molecule has 0 aliphatic heterocycles. The van der Waals surface area contributed by atoms with E-state index in [2.05, 4.69) is 56.3 Å². The molecule has 2 aromatic carbocycles. The highest BCUT2D eigenvalue weighted by atomic mass is 14.1. The lowest BCUT2D eigenvalue weighted by molar-refractivity contribution is 1.12. The highest BCUT2D eigenvalue weighted by Gasteiger charge is 2.06. The number of benzene rings is 2. The average Bonchev–Trinajstić information content (AvgIpc) is 2.38. The summed E-state index contributed by atoms with van der Waals surface area (Å²) in [4.78, 5) is 0. The Hall–Kier alpha value is -1.56. The molecule has 0 heterocycles. The van der Waals surface area contributed by atoms with E-state index >= 15 is 0 Å². The molecule has 0 spiro atoms. The maximum absolute atomic E-state index is 3.34. The fourth-order valence-electron chi connectivity index (χ4n) is 2.11. The molecule has 0 nitrogen and oxygen atoms in total. The number of hydrogen-bond donors (Lipinski definition) is 0. The molecule has 0 heteroatoms. The lowest BCUT2D eigenvalue weighted by Gasteiger charge is -2.11. The first-order valence-corrected chi connectivity index (χ1v) is 5.94. The standard InChI is InChI=1S/C16H17/c1-3-13-9-5-7-11-15(13)16-12-8-6-10-14(16)4-2/h5-9,11-12H,3-4H2,1-2H3. The fourth-order valence-corrected chi connectivity index (χ4v) is 2.11. The van der Waals surface area contributed by atoms with Crippen molar-refractivity contribution in [3.8, 4) is 11.1 Å². The minimum Gasteiger partial charge on any atom is -0.0620 e. The van der Waals surface area contributed by atoms with Gasteiger partial charge in [0.25, 0.3) is 0 Å². The van der Waals surface area contributed by atoms with Crippen LogP contribution < -0.4 is 0 Å². The summed E-state index contributed by atoms with van der Waals surface area (Å²) >= 11 is 0. The third kappa shape index (κ3) is 2.01. The maximum Gasteiger partial charge on any atom is -0.0143 e. The Morgan fingerprint density at radius 1 is 0.875 bits per heavy atom.